The monoisotopic (exact) mass is 618 g/mol. The molecule has 0 radical (unpaired) electrons. The predicted molar refractivity (Wildman–Crippen MR) is 190 cm³/mol. The third-order valence-electron chi connectivity index (χ3n) is 8.70. The highest BCUT2D eigenvalue weighted by atomic mass is 32.1. The first-order chi connectivity index (χ1) is 19.8. The van der Waals surface area contributed by atoms with Gasteiger partial charge in [0, 0.05) is 11.5 Å². The SMILES string of the molecule is C/C(=C\C=C\CCCO[Si](C)(C)C(C)(C)C)CCC(O[Si](c1ccccc1)(c1ccccc1)C(C)(C)C)c1cccs1. The van der Waals surface area contributed by atoms with Crippen LogP contribution in [0.15, 0.2) is 102 Å². The average Bonchev–Trinajstić information content (AvgIpc) is 3.47. The van der Waals surface area contributed by atoms with Crippen LogP contribution >= 0.6 is 11.3 Å². The van der Waals surface area contributed by atoms with Gasteiger partial charge >= 0.3 is 0 Å². The molecule has 1 aromatic heterocycles. The van der Waals surface area contributed by atoms with E-state index in [1.807, 2.05) is 11.3 Å². The molecular formula is C37H54O2SSi2. The Kier molecular flexibility index (Phi) is 12.4. The van der Waals surface area contributed by atoms with E-state index in [4.69, 9.17) is 8.85 Å². The fourth-order valence-electron chi connectivity index (χ4n) is 5.15. The molecule has 42 heavy (non-hydrogen) atoms. The molecule has 0 amide bonds. The molecular weight excluding hydrogens is 565 g/mol. The second-order valence-corrected chi connectivity index (χ2v) is 24.1. The summed E-state index contributed by atoms with van der Waals surface area (Å²) in [4.78, 5) is 1.31. The Labute approximate surface area is 263 Å². The van der Waals surface area contributed by atoms with E-state index >= 15 is 0 Å². The van der Waals surface area contributed by atoms with Gasteiger partial charge in [0.1, 0.15) is 0 Å². The van der Waals surface area contributed by atoms with Crippen molar-refractivity contribution in [3.8, 4) is 0 Å². The highest BCUT2D eigenvalue weighted by Crippen LogP contribution is 2.42. The summed E-state index contributed by atoms with van der Waals surface area (Å²) in [6.07, 6.45) is 10.9. The molecule has 0 saturated carbocycles. The van der Waals surface area contributed by atoms with Crippen LogP contribution in [0.2, 0.25) is 23.2 Å². The van der Waals surface area contributed by atoms with Crippen molar-refractivity contribution in [2.75, 3.05) is 6.61 Å². The lowest BCUT2D eigenvalue weighted by Crippen LogP contribution is -2.66. The largest absolute Gasteiger partial charge is 0.417 e. The number of rotatable bonds is 14. The molecule has 0 aliphatic rings. The van der Waals surface area contributed by atoms with E-state index in [9.17, 15) is 0 Å². The van der Waals surface area contributed by atoms with Gasteiger partial charge in [0.25, 0.3) is 8.32 Å². The molecule has 0 aliphatic carbocycles. The zero-order chi connectivity index (χ0) is 30.9. The molecule has 228 valence electrons. The Morgan fingerprint density at radius 3 is 1.93 bits per heavy atom. The van der Waals surface area contributed by atoms with E-state index in [1.165, 1.54) is 20.8 Å². The number of hydrogen-bond acceptors (Lipinski definition) is 3. The average molecular weight is 619 g/mol. The lowest BCUT2D eigenvalue weighted by molar-refractivity contribution is 0.184. The van der Waals surface area contributed by atoms with Crippen LogP contribution in [0.4, 0.5) is 0 Å². The molecule has 0 bridgehead atoms. The van der Waals surface area contributed by atoms with Crippen molar-refractivity contribution in [2.45, 2.75) is 103 Å². The number of benzene rings is 2. The van der Waals surface area contributed by atoms with Gasteiger partial charge in [-0.25, -0.2) is 0 Å². The maximum absolute atomic E-state index is 7.58. The van der Waals surface area contributed by atoms with E-state index in [2.05, 4.69) is 158 Å². The molecule has 1 atom stereocenters. The molecule has 2 nitrogen and oxygen atoms in total. The summed E-state index contributed by atoms with van der Waals surface area (Å²) in [6.45, 7) is 21.7. The smallest absolute Gasteiger partial charge is 0.261 e. The zero-order valence-corrected chi connectivity index (χ0v) is 30.4. The molecule has 1 heterocycles. The molecule has 0 spiro atoms. The molecule has 5 heteroatoms. The van der Waals surface area contributed by atoms with Gasteiger partial charge in [-0.15, -0.1) is 11.3 Å². The summed E-state index contributed by atoms with van der Waals surface area (Å²) in [6, 6.07) is 26.4. The van der Waals surface area contributed by atoms with E-state index in [0.717, 1.165) is 32.3 Å². The van der Waals surface area contributed by atoms with Crippen LogP contribution < -0.4 is 10.4 Å². The Bertz CT molecular complexity index is 1210. The van der Waals surface area contributed by atoms with Gasteiger partial charge in [0.2, 0.25) is 0 Å². The molecule has 0 aliphatic heterocycles. The zero-order valence-electron chi connectivity index (χ0n) is 27.6. The first-order valence-corrected chi connectivity index (χ1v) is 21.3. The van der Waals surface area contributed by atoms with Gasteiger partial charge in [-0.2, -0.15) is 0 Å². The molecule has 3 aromatic rings. The highest BCUT2D eigenvalue weighted by molar-refractivity contribution is 7.10. The van der Waals surface area contributed by atoms with Crippen LogP contribution in [0, 0.1) is 0 Å². The molecule has 3 rings (SSSR count). The van der Waals surface area contributed by atoms with E-state index in [-0.39, 0.29) is 16.2 Å². The predicted octanol–water partition coefficient (Wildman–Crippen LogP) is 10.5. The topological polar surface area (TPSA) is 18.5 Å². The summed E-state index contributed by atoms with van der Waals surface area (Å²) in [5.41, 5.74) is 1.39. The lowest BCUT2D eigenvalue weighted by Gasteiger charge is -2.45. The van der Waals surface area contributed by atoms with Gasteiger partial charge in [0.05, 0.1) is 6.10 Å². The highest BCUT2D eigenvalue weighted by Gasteiger charge is 2.51. The van der Waals surface area contributed by atoms with Crippen molar-refractivity contribution in [1.82, 2.24) is 0 Å². The second kappa shape index (κ2) is 15.1. The third-order valence-corrected chi connectivity index (χ3v) is 19.2. The molecule has 1 unspecified atom stereocenters. The minimum atomic E-state index is -2.65. The number of allylic oxidation sites excluding steroid dienone is 4. The molecule has 0 saturated heterocycles. The minimum absolute atomic E-state index is 0.0381. The fraction of sp³-hybridized carbons (Fsp3) is 0.459. The van der Waals surface area contributed by atoms with Crippen molar-refractivity contribution in [1.29, 1.82) is 0 Å². The summed E-state index contributed by atoms with van der Waals surface area (Å²) in [5.74, 6) is 0. The Hall–Kier alpha value is -2.03. The van der Waals surface area contributed by atoms with Gasteiger partial charge in [-0.1, -0.05) is 132 Å². The standard InChI is InChI=1S/C37H54O2SSi2/c1-31(21-14-10-11-19-29-38-41(8,9)36(2,3)4)27-28-34(35-26-20-30-40-35)39-42(37(5,6)7,32-22-15-12-16-23-32)33-24-17-13-18-25-33/h10,12-18,20-26,30,34H,11,19,27-29H2,1-9H3/b14-10+,31-21+. The van der Waals surface area contributed by atoms with Gasteiger partial charge < -0.3 is 8.85 Å². The van der Waals surface area contributed by atoms with Crippen molar-refractivity contribution in [3.63, 3.8) is 0 Å². The van der Waals surface area contributed by atoms with Crippen LogP contribution in [0.1, 0.15) is 85.1 Å². The van der Waals surface area contributed by atoms with Gasteiger partial charge in [-0.05, 0) is 77.6 Å². The molecule has 0 N–H and O–H groups in total. The Balaban J connectivity index is 1.74. The molecule has 0 fully saturated rings. The Morgan fingerprint density at radius 2 is 1.43 bits per heavy atom. The van der Waals surface area contributed by atoms with E-state index in [1.54, 1.807) is 0 Å². The van der Waals surface area contributed by atoms with Crippen molar-refractivity contribution >= 4 is 38.3 Å². The van der Waals surface area contributed by atoms with Crippen molar-refractivity contribution < 1.29 is 8.85 Å². The van der Waals surface area contributed by atoms with Gasteiger partial charge in [0.15, 0.2) is 8.32 Å². The summed E-state index contributed by atoms with van der Waals surface area (Å²) in [7, 11) is -4.30. The van der Waals surface area contributed by atoms with Crippen LogP contribution in [-0.2, 0) is 8.85 Å². The molecule has 2 aromatic carbocycles. The summed E-state index contributed by atoms with van der Waals surface area (Å²) in [5, 5.41) is 5.06. The maximum atomic E-state index is 7.58. The second-order valence-electron chi connectivity index (χ2n) is 14.0. The maximum Gasteiger partial charge on any atom is 0.261 e. The van der Waals surface area contributed by atoms with Crippen molar-refractivity contribution in [2.24, 2.45) is 0 Å². The first-order valence-electron chi connectivity index (χ1n) is 15.6. The summed E-state index contributed by atoms with van der Waals surface area (Å²) < 4.78 is 13.9. The van der Waals surface area contributed by atoms with Crippen LogP contribution in [0.5, 0.6) is 0 Å². The number of thiophene rings is 1. The van der Waals surface area contributed by atoms with Crippen molar-refractivity contribution in [3.05, 3.63) is 107 Å². The number of unbranched alkanes of at least 4 members (excludes halogenated alkanes) is 1. The quantitative estimate of drug-likeness (QED) is 0.102. The first kappa shape index (κ1) is 34.5. The normalized spacial score (nSPS) is 14.5. The van der Waals surface area contributed by atoms with E-state index < -0.39 is 16.6 Å². The van der Waals surface area contributed by atoms with Gasteiger partial charge in [-0.3, -0.25) is 0 Å². The minimum Gasteiger partial charge on any atom is -0.417 e. The number of hydrogen-bond donors (Lipinski definition) is 0. The van der Waals surface area contributed by atoms with Crippen LogP contribution in [0.25, 0.3) is 0 Å². The summed E-state index contributed by atoms with van der Waals surface area (Å²) >= 11 is 1.81. The Morgan fingerprint density at radius 1 is 0.833 bits per heavy atom. The third kappa shape index (κ3) is 8.99. The fourth-order valence-corrected chi connectivity index (χ4v) is 11.8. The van der Waals surface area contributed by atoms with Crippen LogP contribution in [-0.4, -0.2) is 23.2 Å². The van der Waals surface area contributed by atoms with E-state index in [0.29, 0.717) is 0 Å². The van der Waals surface area contributed by atoms with Crippen LogP contribution in [0.3, 0.4) is 0 Å². The lowest BCUT2D eigenvalue weighted by atomic mass is 10.1.